The molecule has 0 spiro atoms. The van der Waals surface area contributed by atoms with E-state index in [0.717, 1.165) is 22.2 Å². The lowest BCUT2D eigenvalue weighted by Gasteiger charge is -2.21. The first-order valence-electron chi connectivity index (χ1n) is 11.8. The Bertz CT molecular complexity index is 1450. The lowest BCUT2D eigenvalue weighted by molar-refractivity contribution is 0.0944. The predicted molar refractivity (Wildman–Crippen MR) is 139 cm³/mol. The Morgan fingerprint density at radius 1 is 0.886 bits per heavy atom. The number of benzene rings is 2. The van der Waals surface area contributed by atoms with E-state index < -0.39 is 6.04 Å². The second-order valence-electron chi connectivity index (χ2n) is 9.14. The molecule has 0 fully saturated rings. The van der Waals surface area contributed by atoms with Crippen LogP contribution in [0.5, 0.6) is 0 Å². The van der Waals surface area contributed by atoms with Crippen molar-refractivity contribution in [2.45, 2.75) is 25.8 Å². The lowest BCUT2D eigenvalue weighted by Crippen LogP contribution is -2.31. The fraction of sp³-hybridized carbons (Fsp3) is 0.207. The Labute approximate surface area is 205 Å². The van der Waals surface area contributed by atoms with Crippen molar-refractivity contribution in [1.29, 1.82) is 0 Å². The predicted octanol–water partition coefficient (Wildman–Crippen LogP) is 5.36. The van der Waals surface area contributed by atoms with Gasteiger partial charge in [-0.15, -0.1) is 0 Å². The molecule has 5 rings (SSSR count). The molecule has 3 heterocycles. The molecule has 6 nitrogen and oxygen atoms in total. The molecule has 2 aromatic carbocycles. The van der Waals surface area contributed by atoms with E-state index in [2.05, 4.69) is 53.6 Å². The molecular weight excluding hydrogens is 434 g/mol. The Morgan fingerprint density at radius 2 is 1.66 bits per heavy atom. The molecule has 176 valence electrons. The lowest BCUT2D eigenvalue weighted by atomic mass is 9.95. The molecule has 0 saturated heterocycles. The summed E-state index contributed by atoms with van der Waals surface area (Å²) in [7, 11) is 1.89. The Kier molecular flexibility index (Phi) is 6.29. The summed E-state index contributed by atoms with van der Waals surface area (Å²) in [6, 6.07) is 22.0. The van der Waals surface area contributed by atoms with Crippen LogP contribution < -0.4 is 5.32 Å². The first kappa shape index (κ1) is 22.7. The van der Waals surface area contributed by atoms with E-state index in [-0.39, 0.29) is 11.7 Å². The van der Waals surface area contributed by atoms with Crippen molar-refractivity contribution in [2.24, 2.45) is 7.05 Å². The average molecular weight is 464 g/mol. The molecule has 0 unspecified atom stereocenters. The van der Waals surface area contributed by atoms with Gasteiger partial charge in [0.05, 0.1) is 29.5 Å². The number of fused-ring (bicyclic) bond motifs is 1. The summed E-state index contributed by atoms with van der Waals surface area (Å²) in [5.74, 6) is 0.275. The zero-order valence-corrected chi connectivity index (χ0v) is 20.2. The monoisotopic (exact) mass is 463 g/mol. The number of rotatable bonds is 8. The Balaban J connectivity index is 1.42. The standard InChI is InChI=1S/C29H29N5O/c1-20-9-11-22(12-10-20)21(2)15-30-28(23-7-5-4-6-8-23)29(35)26-17-32-34-19-24(13-14-27(26)34)25-16-31-33(3)18-25/h4-14,16-19,21,28,30H,15H2,1-3H3/t21-,28+/m1/s1. The highest BCUT2D eigenvalue weighted by Crippen LogP contribution is 2.25. The maximum atomic E-state index is 13.8. The number of nitrogens with zero attached hydrogens (tertiary/aromatic N) is 4. The number of hydrogen-bond donors (Lipinski definition) is 1. The molecule has 0 saturated carbocycles. The van der Waals surface area contributed by atoms with Crippen LogP contribution in [0.25, 0.3) is 16.6 Å². The second-order valence-corrected chi connectivity index (χ2v) is 9.14. The number of hydrogen-bond acceptors (Lipinski definition) is 4. The van der Waals surface area contributed by atoms with Crippen LogP contribution in [0.4, 0.5) is 0 Å². The van der Waals surface area contributed by atoms with Crippen LogP contribution in [0.3, 0.4) is 0 Å². The van der Waals surface area contributed by atoms with Gasteiger partial charge in [-0.3, -0.25) is 9.48 Å². The number of carbonyl (C=O) groups excluding carboxylic acids is 1. The number of carbonyl (C=O) groups is 1. The highest BCUT2D eigenvalue weighted by Gasteiger charge is 2.25. The minimum Gasteiger partial charge on any atom is -0.303 e. The van der Waals surface area contributed by atoms with Crippen molar-refractivity contribution < 1.29 is 4.79 Å². The molecular formula is C29H29N5O. The molecule has 2 atom stereocenters. The fourth-order valence-electron chi connectivity index (χ4n) is 4.39. The summed E-state index contributed by atoms with van der Waals surface area (Å²) in [4.78, 5) is 13.8. The molecule has 0 amide bonds. The van der Waals surface area contributed by atoms with E-state index in [0.29, 0.717) is 12.1 Å². The maximum Gasteiger partial charge on any atom is 0.188 e. The van der Waals surface area contributed by atoms with E-state index >= 15 is 0 Å². The van der Waals surface area contributed by atoms with Gasteiger partial charge in [-0.25, -0.2) is 4.52 Å². The highest BCUT2D eigenvalue weighted by atomic mass is 16.1. The van der Waals surface area contributed by atoms with Gasteiger partial charge in [-0.2, -0.15) is 10.2 Å². The van der Waals surface area contributed by atoms with Crippen molar-refractivity contribution in [1.82, 2.24) is 24.7 Å². The van der Waals surface area contributed by atoms with Gasteiger partial charge in [0.15, 0.2) is 5.78 Å². The minimum atomic E-state index is -0.463. The maximum absolute atomic E-state index is 13.8. The van der Waals surface area contributed by atoms with Crippen LogP contribution in [0.2, 0.25) is 0 Å². The Hall–Kier alpha value is -4.03. The van der Waals surface area contributed by atoms with Crippen molar-refractivity contribution in [3.8, 4) is 11.1 Å². The molecule has 35 heavy (non-hydrogen) atoms. The van der Waals surface area contributed by atoms with Crippen LogP contribution in [0.15, 0.2) is 91.5 Å². The van der Waals surface area contributed by atoms with Gasteiger partial charge in [0.2, 0.25) is 0 Å². The zero-order chi connectivity index (χ0) is 24.4. The van der Waals surface area contributed by atoms with Crippen LogP contribution in [0.1, 0.15) is 45.9 Å². The summed E-state index contributed by atoms with van der Waals surface area (Å²) in [5.41, 5.74) is 6.83. The van der Waals surface area contributed by atoms with Crippen molar-refractivity contribution in [2.75, 3.05) is 6.54 Å². The number of aromatic nitrogens is 4. The van der Waals surface area contributed by atoms with E-state index in [9.17, 15) is 4.79 Å². The summed E-state index contributed by atoms with van der Waals surface area (Å²) in [5, 5.41) is 12.3. The van der Waals surface area contributed by atoms with E-state index in [4.69, 9.17) is 0 Å². The van der Waals surface area contributed by atoms with Crippen LogP contribution in [0, 0.1) is 6.92 Å². The van der Waals surface area contributed by atoms with Gasteiger partial charge in [-0.05, 0) is 30.0 Å². The molecule has 0 bridgehead atoms. The third-order valence-electron chi connectivity index (χ3n) is 6.49. The number of pyridine rings is 1. The third kappa shape index (κ3) is 4.79. The molecule has 0 aliphatic heterocycles. The summed E-state index contributed by atoms with van der Waals surface area (Å²) in [6.07, 6.45) is 7.39. The smallest absolute Gasteiger partial charge is 0.188 e. The van der Waals surface area contributed by atoms with Gasteiger partial charge < -0.3 is 5.32 Å². The van der Waals surface area contributed by atoms with Gasteiger partial charge in [0.25, 0.3) is 0 Å². The van der Waals surface area contributed by atoms with Gasteiger partial charge in [-0.1, -0.05) is 73.2 Å². The molecule has 1 N–H and O–H groups in total. The largest absolute Gasteiger partial charge is 0.303 e. The number of nitrogens with one attached hydrogen (secondary N) is 1. The summed E-state index contributed by atoms with van der Waals surface area (Å²) in [6.45, 7) is 4.95. The highest BCUT2D eigenvalue weighted by molar-refractivity contribution is 6.06. The van der Waals surface area contributed by atoms with E-state index in [1.54, 1.807) is 15.4 Å². The first-order valence-corrected chi connectivity index (χ1v) is 11.8. The fourth-order valence-corrected chi connectivity index (χ4v) is 4.39. The van der Waals surface area contributed by atoms with Crippen molar-refractivity contribution in [3.63, 3.8) is 0 Å². The molecule has 5 aromatic rings. The molecule has 0 aliphatic carbocycles. The SMILES string of the molecule is Cc1ccc([C@H](C)CN[C@H](C(=O)c2cnn3cc(-c4cnn(C)c4)ccc23)c2ccccc2)cc1. The van der Waals surface area contributed by atoms with E-state index in [1.165, 1.54) is 11.1 Å². The third-order valence-corrected chi connectivity index (χ3v) is 6.49. The van der Waals surface area contributed by atoms with E-state index in [1.807, 2.05) is 68.1 Å². The quantitative estimate of drug-likeness (QED) is 0.315. The zero-order valence-electron chi connectivity index (χ0n) is 20.2. The summed E-state index contributed by atoms with van der Waals surface area (Å²) < 4.78 is 3.54. The van der Waals surface area contributed by atoms with Crippen LogP contribution in [-0.4, -0.2) is 31.7 Å². The normalized spacial score (nSPS) is 13.1. The average Bonchev–Trinajstić information content (AvgIpc) is 3.51. The van der Waals surface area contributed by atoms with Crippen LogP contribution >= 0.6 is 0 Å². The van der Waals surface area contributed by atoms with Gasteiger partial charge >= 0.3 is 0 Å². The number of Topliss-reactive ketones (excluding diaryl/α,β-unsaturated/α-hetero) is 1. The van der Waals surface area contributed by atoms with Crippen LogP contribution in [-0.2, 0) is 7.05 Å². The first-order chi connectivity index (χ1) is 17.0. The molecule has 0 radical (unpaired) electrons. The Morgan fingerprint density at radius 3 is 2.37 bits per heavy atom. The summed E-state index contributed by atoms with van der Waals surface area (Å²) >= 11 is 0. The number of aryl methyl sites for hydroxylation is 2. The number of ketones is 1. The van der Waals surface area contributed by atoms with Gasteiger partial charge in [0.1, 0.15) is 0 Å². The molecule has 3 aromatic heterocycles. The topological polar surface area (TPSA) is 64.2 Å². The molecule has 0 aliphatic rings. The molecule has 6 heteroatoms. The second kappa shape index (κ2) is 9.68. The van der Waals surface area contributed by atoms with Gasteiger partial charge in [0, 0.05) is 37.1 Å². The minimum absolute atomic E-state index is 0.0106. The van der Waals surface area contributed by atoms with Crippen molar-refractivity contribution >= 4 is 11.3 Å². The van der Waals surface area contributed by atoms with Crippen molar-refractivity contribution in [3.05, 3.63) is 114 Å².